The van der Waals surface area contributed by atoms with Gasteiger partial charge in [-0.25, -0.2) is 9.78 Å². The summed E-state index contributed by atoms with van der Waals surface area (Å²) in [7, 11) is 3.32. The minimum absolute atomic E-state index is 0. The van der Waals surface area contributed by atoms with Crippen molar-refractivity contribution in [1.82, 2.24) is 19.7 Å². The molecule has 0 amide bonds. The standard InChI is InChI=1S/C19H18N4O3.C4H10.H2/c1-10-16(11(2)26-22-10)12-8-14(13-6-5-7-20-18(13)25-4)17-15(9-12)21-19(24)23(17)3;1-4(2)3;/h5-9H,1-4H3,(H,21,24);4H,1-3H3;1H. The molecule has 0 atom stereocenters. The Morgan fingerprint density at radius 2 is 1.90 bits per heavy atom. The number of hydrogen-bond donors (Lipinski definition) is 1. The van der Waals surface area contributed by atoms with Crippen molar-refractivity contribution in [1.29, 1.82) is 0 Å². The van der Waals surface area contributed by atoms with E-state index in [4.69, 9.17) is 9.26 Å². The van der Waals surface area contributed by atoms with E-state index in [2.05, 4.69) is 35.9 Å². The molecule has 7 heteroatoms. The van der Waals surface area contributed by atoms with Gasteiger partial charge >= 0.3 is 5.69 Å². The fourth-order valence-corrected chi connectivity index (χ4v) is 3.39. The molecule has 0 aliphatic rings. The molecule has 0 spiro atoms. The molecule has 0 saturated heterocycles. The zero-order chi connectivity index (χ0) is 22.0. The second-order valence-corrected chi connectivity index (χ2v) is 7.90. The number of rotatable bonds is 3. The molecule has 0 aliphatic heterocycles. The van der Waals surface area contributed by atoms with Crippen LogP contribution in [0.25, 0.3) is 33.3 Å². The van der Waals surface area contributed by atoms with Crippen molar-refractivity contribution in [2.45, 2.75) is 34.6 Å². The Bertz CT molecular complexity index is 1220. The lowest BCUT2D eigenvalue weighted by Gasteiger charge is -2.11. The fraction of sp³-hybridized carbons (Fsp3) is 0.348. The van der Waals surface area contributed by atoms with Gasteiger partial charge in [0.1, 0.15) is 5.76 Å². The predicted molar refractivity (Wildman–Crippen MR) is 121 cm³/mol. The second-order valence-electron chi connectivity index (χ2n) is 7.90. The van der Waals surface area contributed by atoms with Crippen LogP contribution in [0, 0.1) is 19.8 Å². The van der Waals surface area contributed by atoms with Gasteiger partial charge in [0.2, 0.25) is 5.88 Å². The van der Waals surface area contributed by atoms with Gasteiger partial charge in [-0.1, -0.05) is 25.9 Å². The highest BCUT2D eigenvalue weighted by Crippen LogP contribution is 2.38. The first kappa shape index (κ1) is 21.4. The van der Waals surface area contributed by atoms with Crippen molar-refractivity contribution in [3.63, 3.8) is 0 Å². The van der Waals surface area contributed by atoms with Crippen LogP contribution < -0.4 is 10.4 Å². The topological polar surface area (TPSA) is 85.9 Å². The van der Waals surface area contributed by atoms with Crippen LogP contribution in [0.5, 0.6) is 5.88 Å². The van der Waals surface area contributed by atoms with E-state index in [-0.39, 0.29) is 7.12 Å². The van der Waals surface area contributed by atoms with E-state index in [0.29, 0.717) is 5.88 Å². The molecule has 30 heavy (non-hydrogen) atoms. The van der Waals surface area contributed by atoms with Gasteiger partial charge < -0.3 is 14.2 Å². The van der Waals surface area contributed by atoms with Gasteiger partial charge in [0.05, 0.1) is 23.8 Å². The van der Waals surface area contributed by atoms with E-state index < -0.39 is 0 Å². The van der Waals surface area contributed by atoms with Crippen LogP contribution in [0.1, 0.15) is 33.7 Å². The number of pyridine rings is 1. The maximum absolute atomic E-state index is 12.2. The van der Waals surface area contributed by atoms with E-state index in [1.165, 1.54) is 0 Å². The molecule has 4 rings (SSSR count). The van der Waals surface area contributed by atoms with Gasteiger partial charge in [0.25, 0.3) is 0 Å². The van der Waals surface area contributed by atoms with Crippen molar-refractivity contribution in [2.75, 3.05) is 7.11 Å². The van der Waals surface area contributed by atoms with Crippen LogP contribution in [0.3, 0.4) is 0 Å². The molecule has 0 unspecified atom stereocenters. The first-order valence-corrected chi connectivity index (χ1v) is 9.90. The summed E-state index contributed by atoms with van der Waals surface area (Å²) < 4.78 is 12.3. The van der Waals surface area contributed by atoms with Crippen LogP contribution >= 0.6 is 0 Å². The van der Waals surface area contributed by atoms with Gasteiger partial charge in [-0.15, -0.1) is 0 Å². The summed E-state index contributed by atoms with van der Waals surface area (Å²) in [6, 6.07) is 7.73. The Balaban J connectivity index is 0.000000631. The number of ether oxygens (including phenoxy) is 1. The average molecular weight is 411 g/mol. The monoisotopic (exact) mass is 410 g/mol. The summed E-state index contributed by atoms with van der Waals surface area (Å²) in [5.74, 6) is 2.06. The third-order valence-corrected chi connectivity index (χ3v) is 4.57. The number of benzene rings is 1. The molecule has 0 bridgehead atoms. The van der Waals surface area contributed by atoms with Gasteiger partial charge in [-0.3, -0.25) is 4.57 Å². The van der Waals surface area contributed by atoms with E-state index >= 15 is 0 Å². The number of imidazole rings is 1. The van der Waals surface area contributed by atoms with Crippen LogP contribution in [0.4, 0.5) is 0 Å². The van der Waals surface area contributed by atoms with Crippen molar-refractivity contribution in [2.24, 2.45) is 13.0 Å². The number of aromatic amines is 1. The highest BCUT2D eigenvalue weighted by Gasteiger charge is 2.19. The summed E-state index contributed by atoms with van der Waals surface area (Å²) >= 11 is 0. The Kier molecular flexibility index (Phi) is 6.10. The summed E-state index contributed by atoms with van der Waals surface area (Å²) in [4.78, 5) is 19.4. The molecule has 1 N–H and O–H groups in total. The van der Waals surface area contributed by atoms with Gasteiger partial charge in [-0.2, -0.15) is 0 Å². The Morgan fingerprint density at radius 1 is 1.20 bits per heavy atom. The van der Waals surface area contributed by atoms with Crippen molar-refractivity contribution < 1.29 is 10.7 Å². The number of aromatic nitrogens is 4. The normalized spacial score (nSPS) is 10.9. The van der Waals surface area contributed by atoms with E-state index in [9.17, 15) is 4.79 Å². The van der Waals surface area contributed by atoms with E-state index in [1.807, 2.05) is 38.1 Å². The van der Waals surface area contributed by atoms with Crippen LogP contribution in [0.2, 0.25) is 0 Å². The minimum Gasteiger partial charge on any atom is -0.481 e. The molecule has 160 valence electrons. The van der Waals surface area contributed by atoms with Gasteiger partial charge in [0.15, 0.2) is 0 Å². The quantitative estimate of drug-likeness (QED) is 0.507. The number of aryl methyl sites for hydroxylation is 3. The maximum Gasteiger partial charge on any atom is 0.326 e. The van der Waals surface area contributed by atoms with Gasteiger partial charge in [-0.05, 0) is 49.6 Å². The number of nitrogens with one attached hydrogen (secondary N) is 1. The Labute approximate surface area is 177 Å². The third kappa shape index (κ3) is 4.01. The maximum atomic E-state index is 12.2. The molecule has 0 aliphatic carbocycles. The number of methoxy groups -OCH3 is 1. The molecule has 7 nitrogen and oxygen atoms in total. The molecular formula is C23H30N4O3. The molecule has 1 aromatic carbocycles. The third-order valence-electron chi connectivity index (χ3n) is 4.57. The molecule has 0 saturated carbocycles. The smallest absolute Gasteiger partial charge is 0.326 e. The molecular weight excluding hydrogens is 380 g/mol. The summed E-state index contributed by atoms with van der Waals surface area (Å²) in [6.07, 6.45) is 1.67. The van der Waals surface area contributed by atoms with Crippen LogP contribution in [0.15, 0.2) is 39.8 Å². The van der Waals surface area contributed by atoms with Crippen molar-refractivity contribution in [3.8, 4) is 28.1 Å². The molecule has 4 aromatic rings. The zero-order valence-electron chi connectivity index (χ0n) is 18.5. The van der Waals surface area contributed by atoms with Crippen LogP contribution in [-0.4, -0.2) is 26.8 Å². The summed E-state index contributed by atoms with van der Waals surface area (Å²) in [5.41, 5.74) is 5.63. The second kappa shape index (κ2) is 8.57. The minimum atomic E-state index is -0.181. The van der Waals surface area contributed by atoms with E-state index in [1.54, 1.807) is 24.9 Å². The number of hydrogen-bond acceptors (Lipinski definition) is 5. The first-order valence-electron chi connectivity index (χ1n) is 9.90. The molecule has 0 fully saturated rings. The number of fused-ring (bicyclic) bond motifs is 1. The summed E-state index contributed by atoms with van der Waals surface area (Å²) in [5, 5.41) is 4.04. The number of nitrogens with zero attached hydrogens (tertiary/aromatic N) is 3. The zero-order valence-corrected chi connectivity index (χ0v) is 18.5. The first-order chi connectivity index (χ1) is 14.2. The van der Waals surface area contributed by atoms with Crippen molar-refractivity contribution in [3.05, 3.63) is 52.4 Å². The average Bonchev–Trinajstić information content (AvgIpc) is 3.18. The molecule has 3 aromatic heterocycles. The summed E-state index contributed by atoms with van der Waals surface area (Å²) in [6.45, 7) is 10.3. The Hall–Kier alpha value is -3.35. The van der Waals surface area contributed by atoms with Gasteiger partial charge in [0, 0.05) is 31.4 Å². The highest BCUT2D eigenvalue weighted by molar-refractivity contribution is 5.97. The lowest BCUT2D eigenvalue weighted by molar-refractivity contribution is 0.393. The lowest BCUT2D eigenvalue weighted by Crippen LogP contribution is -2.12. The molecule has 3 heterocycles. The predicted octanol–water partition coefficient (Wildman–Crippen LogP) is 5.12. The van der Waals surface area contributed by atoms with Crippen LogP contribution in [-0.2, 0) is 7.05 Å². The van der Waals surface area contributed by atoms with Crippen molar-refractivity contribution >= 4 is 11.0 Å². The molecule has 0 radical (unpaired) electrons. The fourth-order valence-electron chi connectivity index (χ4n) is 3.39. The largest absolute Gasteiger partial charge is 0.481 e. The SMILES string of the molecule is CC(C)C.COc1ncccc1-c1cc(-c2c(C)noc2C)cc2[nH]c(=O)n(C)c12.[HH]. The van der Waals surface area contributed by atoms with E-state index in [0.717, 1.165) is 50.7 Å². The Morgan fingerprint density at radius 3 is 2.50 bits per heavy atom. The lowest BCUT2D eigenvalue weighted by atomic mass is 9.97. The highest BCUT2D eigenvalue weighted by atomic mass is 16.5. The number of H-pyrrole nitrogens is 1.